The summed E-state index contributed by atoms with van der Waals surface area (Å²) in [6, 6.07) is 5.30. The van der Waals surface area contributed by atoms with E-state index in [0.717, 1.165) is 24.1 Å². The van der Waals surface area contributed by atoms with Crippen LogP contribution in [0.25, 0.3) is 0 Å². The average Bonchev–Trinajstić information content (AvgIpc) is 2.43. The number of unbranched alkanes of at least 4 members (excludes halogenated alkanes) is 1. The number of rotatable bonds is 3. The molecular formula is C14H17ClN2O2. The smallest absolute Gasteiger partial charge is 0.227 e. The summed E-state index contributed by atoms with van der Waals surface area (Å²) < 4.78 is 0. The summed E-state index contributed by atoms with van der Waals surface area (Å²) in [4.78, 5) is 14.0. The highest BCUT2D eigenvalue weighted by Crippen LogP contribution is 2.30. The Morgan fingerprint density at radius 2 is 2.32 bits per heavy atom. The second-order valence-electron chi connectivity index (χ2n) is 4.61. The lowest BCUT2D eigenvalue weighted by Gasteiger charge is -2.30. The Hall–Kier alpha value is -1.55. The molecule has 0 radical (unpaired) electrons. The molecule has 1 aliphatic rings. The number of carbonyl (C=O) groups excluding carboxylic acids is 1. The minimum Gasteiger partial charge on any atom is -0.411 e. The van der Waals surface area contributed by atoms with Gasteiger partial charge in [0.2, 0.25) is 5.91 Å². The zero-order valence-electron chi connectivity index (χ0n) is 10.9. The first-order valence-electron chi connectivity index (χ1n) is 6.48. The number of amides is 1. The predicted octanol–water partition coefficient (Wildman–Crippen LogP) is 3.45. The zero-order valence-corrected chi connectivity index (χ0v) is 11.7. The normalized spacial score (nSPS) is 16.5. The van der Waals surface area contributed by atoms with Gasteiger partial charge in [0, 0.05) is 30.0 Å². The van der Waals surface area contributed by atoms with Crippen LogP contribution >= 0.6 is 11.6 Å². The molecule has 1 aromatic carbocycles. The largest absolute Gasteiger partial charge is 0.411 e. The van der Waals surface area contributed by atoms with Crippen molar-refractivity contribution in [1.82, 2.24) is 0 Å². The lowest BCUT2D eigenvalue weighted by Crippen LogP contribution is -2.37. The second-order valence-corrected chi connectivity index (χ2v) is 5.04. The van der Waals surface area contributed by atoms with E-state index < -0.39 is 0 Å². The summed E-state index contributed by atoms with van der Waals surface area (Å²) in [6.45, 7) is 2.62. The van der Waals surface area contributed by atoms with Crippen molar-refractivity contribution in [2.24, 2.45) is 5.16 Å². The van der Waals surface area contributed by atoms with E-state index in [1.165, 1.54) is 0 Å². The lowest BCUT2D eigenvalue weighted by molar-refractivity contribution is -0.118. The third-order valence-corrected chi connectivity index (χ3v) is 3.53. The average molecular weight is 281 g/mol. The molecule has 0 saturated heterocycles. The molecule has 1 heterocycles. The molecule has 1 aliphatic heterocycles. The first-order chi connectivity index (χ1) is 9.17. The Balaban J connectivity index is 2.33. The highest BCUT2D eigenvalue weighted by Gasteiger charge is 2.26. The predicted molar refractivity (Wildman–Crippen MR) is 76.3 cm³/mol. The van der Waals surface area contributed by atoms with Crippen molar-refractivity contribution in [3.63, 3.8) is 0 Å². The number of fused-ring (bicyclic) bond motifs is 1. The van der Waals surface area contributed by atoms with Crippen LogP contribution in [0.4, 0.5) is 5.69 Å². The van der Waals surface area contributed by atoms with E-state index in [9.17, 15) is 4.79 Å². The van der Waals surface area contributed by atoms with Crippen LogP contribution in [0.5, 0.6) is 0 Å². The molecule has 0 saturated carbocycles. The molecule has 0 fully saturated rings. The van der Waals surface area contributed by atoms with Crippen LogP contribution in [0.15, 0.2) is 23.4 Å². The van der Waals surface area contributed by atoms with Gasteiger partial charge >= 0.3 is 0 Å². The standard InChI is InChI=1S/C14H17ClN2O2/c1-2-3-4-14(18)17-8-7-12(16-19)11-9-10(15)5-6-13(11)17/h5-6,9,19H,2-4,7-8H2,1H3/b16-12-. The molecule has 0 aliphatic carbocycles. The van der Waals surface area contributed by atoms with Crippen molar-refractivity contribution in [3.05, 3.63) is 28.8 Å². The van der Waals surface area contributed by atoms with Crippen molar-refractivity contribution >= 4 is 28.9 Å². The van der Waals surface area contributed by atoms with Crippen LogP contribution < -0.4 is 4.90 Å². The summed E-state index contributed by atoms with van der Waals surface area (Å²) in [5.41, 5.74) is 2.10. The highest BCUT2D eigenvalue weighted by molar-refractivity contribution is 6.31. The summed E-state index contributed by atoms with van der Waals surface area (Å²) in [5, 5.41) is 12.9. The maximum atomic E-state index is 12.2. The number of hydrogen-bond donors (Lipinski definition) is 1. The van der Waals surface area contributed by atoms with Crippen molar-refractivity contribution in [2.75, 3.05) is 11.4 Å². The van der Waals surface area contributed by atoms with Gasteiger partial charge in [-0.25, -0.2) is 0 Å². The van der Waals surface area contributed by atoms with E-state index in [2.05, 4.69) is 12.1 Å². The topological polar surface area (TPSA) is 52.9 Å². The fraction of sp³-hybridized carbons (Fsp3) is 0.429. The summed E-state index contributed by atoms with van der Waals surface area (Å²) >= 11 is 5.97. The minimum absolute atomic E-state index is 0.113. The number of halogens is 1. The summed E-state index contributed by atoms with van der Waals surface area (Å²) in [5.74, 6) is 0.113. The Morgan fingerprint density at radius 1 is 1.53 bits per heavy atom. The van der Waals surface area contributed by atoms with Gasteiger partial charge in [0.15, 0.2) is 0 Å². The Bertz CT molecular complexity index is 514. The molecule has 1 amide bonds. The van der Waals surface area contributed by atoms with Crippen LogP contribution in [0.1, 0.15) is 38.2 Å². The van der Waals surface area contributed by atoms with Crippen molar-refractivity contribution in [2.45, 2.75) is 32.6 Å². The number of anilines is 1. The number of nitrogens with zero attached hydrogens (tertiary/aromatic N) is 2. The molecule has 2 rings (SSSR count). The summed E-state index contributed by atoms with van der Waals surface area (Å²) in [6.07, 6.45) is 2.97. The first kappa shape index (κ1) is 13.9. The number of oxime groups is 1. The molecule has 1 aromatic rings. The van der Waals surface area contributed by atoms with E-state index in [0.29, 0.717) is 30.1 Å². The van der Waals surface area contributed by atoms with Gasteiger partial charge in [-0.1, -0.05) is 30.1 Å². The van der Waals surface area contributed by atoms with Gasteiger partial charge in [-0.05, 0) is 24.6 Å². The van der Waals surface area contributed by atoms with Gasteiger partial charge < -0.3 is 10.1 Å². The van der Waals surface area contributed by atoms with Crippen LogP contribution in [-0.4, -0.2) is 23.4 Å². The van der Waals surface area contributed by atoms with Crippen molar-refractivity contribution < 1.29 is 10.0 Å². The molecule has 0 atom stereocenters. The molecule has 0 bridgehead atoms. The van der Waals surface area contributed by atoms with E-state index in [-0.39, 0.29) is 5.91 Å². The highest BCUT2D eigenvalue weighted by atomic mass is 35.5. The van der Waals surface area contributed by atoms with E-state index in [1.54, 1.807) is 17.0 Å². The van der Waals surface area contributed by atoms with Gasteiger partial charge in [-0.3, -0.25) is 4.79 Å². The van der Waals surface area contributed by atoms with Gasteiger partial charge in [0.1, 0.15) is 0 Å². The summed E-state index contributed by atoms with van der Waals surface area (Å²) in [7, 11) is 0. The van der Waals surface area contributed by atoms with Gasteiger partial charge in [0.25, 0.3) is 0 Å². The molecule has 0 aromatic heterocycles. The molecule has 102 valence electrons. The number of hydrogen-bond acceptors (Lipinski definition) is 3. The Morgan fingerprint density at radius 3 is 3.00 bits per heavy atom. The molecule has 0 spiro atoms. The fourth-order valence-corrected chi connectivity index (χ4v) is 2.45. The molecule has 1 N–H and O–H groups in total. The third kappa shape index (κ3) is 2.89. The SMILES string of the molecule is CCCCC(=O)N1CC/C(=N/O)c2cc(Cl)ccc21. The monoisotopic (exact) mass is 280 g/mol. The Labute approximate surface area is 117 Å². The molecular weight excluding hydrogens is 264 g/mol. The molecule has 5 heteroatoms. The fourth-order valence-electron chi connectivity index (χ4n) is 2.27. The maximum absolute atomic E-state index is 12.2. The maximum Gasteiger partial charge on any atom is 0.227 e. The van der Waals surface area contributed by atoms with Gasteiger partial charge in [-0.2, -0.15) is 0 Å². The van der Waals surface area contributed by atoms with E-state index in [4.69, 9.17) is 16.8 Å². The molecule has 0 unspecified atom stereocenters. The van der Waals surface area contributed by atoms with Crippen LogP contribution in [0, 0.1) is 0 Å². The first-order valence-corrected chi connectivity index (χ1v) is 6.86. The van der Waals surface area contributed by atoms with Crippen molar-refractivity contribution in [1.29, 1.82) is 0 Å². The van der Waals surface area contributed by atoms with Gasteiger partial charge in [-0.15, -0.1) is 0 Å². The number of carbonyl (C=O) groups is 1. The number of benzene rings is 1. The molecule has 4 nitrogen and oxygen atoms in total. The van der Waals surface area contributed by atoms with Gasteiger partial charge in [0.05, 0.1) is 11.4 Å². The van der Waals surface area contributed by atoms with E-state index in [1.807, 2.05) is 6.07 Å². The quantitative estimate of drug-likeness (QED) is 0.681. The van der Waals surface area contributed by atoms with Crippen LogP contribution in [0.2, 0.25) is 5.02 Å². The Kier molecular flexibility index (Phi) is 4.43. The minimum atomic E-state index is 0.113. The van der Waals surface area contributed by atoms with Crippen LogP contribution in [-0.2, 0) is 4.79 Å². The lowest BCUT2D eigenvalue weighted by atomic mass is 9.99. The molecule has 19 heavy (non-hydrogen) atoms. The zero-order chi connectivity index (χ0) is 13.8. The van der Waals surface area contributed by atoms with Crippen LogP contribution in [0.3, 0.4) is 0 Å². The van der Waals surface area contributed by atoms with E-state index >= 15 is 0 Å². The third-order valence-electron chi connectivity index (χ3n) is 3.30. The second kappa shape index (κ2) is 6.06. The van der Waals surface area contributed by atoms with Crippen molar-refractivity contribution in [3.8, 4) is 0 Å².